The molecule has 1 aliphatic heterocycles. The lowest BCUT2D eigenvalue weighted by Gasteiger charge is -2.33. The maximum Gasteiger partial charge on any atom is 0.227 e. The maximum atomic E-state index is 13.9. The summed E-state index contributed by atoms with van der Waals surface area (Å²) < 4.78 is 14.9. The van der Waals surface area contributed by atoms with Crippen LogP contribution in [0.2, 0.25) is 0 Å². The number of para-hydroxylation sites is 1. The number of halogens is 2. The highest BCUT2D eigenvalue weighted by molar-refractivity contribution is 9.10. The summed E-state index contributed by atoms with van der Waals surface area (Å²) in [5.74, 6) is -0.185. The Hall–Kier alpha value is -1.88. The van der Waals surface area contributed by atoms with Gasteiger partial charge < -0.3 is 10.2 Å². The van der Waals surface area contributed by atoms with E-state index >= 15 is 0 Å². The number of amides is 1. The molecule has 1 heterocycles. The Kier molecular flexibility index (Phi) is 5.19. The Bertz CT molecular complexity index is 742. The van der Waals surface area contributed by atoms with Crippen LogP contribution in [0, 0.1) is 18.7 Å². The fourth-order valence-corrected chi connectivity index (χ4v) is 3.57. The Balaban J connectivity index is 1.60. The van der Waals surface area contributed by atoms with Crippen LogP contribution < -0.4 is 10.2 Å². The molecule has 126 valence electrons. The van der Waals surface area contributed by atoms with Gasteiger partial charge in [-0.05, 0) is 55.7 Å². The second-order valence-electron chi connectivity index (χ2n) is 6.16. The van der Waals surface area contributed by atoms with Crippen molar-refractivity contribution >= 4 is 33.2 Å². The SMILES string of the molecule is Cc1cc(Br)ccc1NC(=O)C1CCN(c2ccccc2F)CC1. The van der Waals surface area contributed by atoms with Gasteiger partial charge >= 0.3 is 0 Å². The predicted octanol–water partition coefficient (Wildman–Crippen LogP) is 4.75. The molecule has 2 aromatic rings. The largest absolute Gasteiger partial charge is 0.369 e. The predicted molar refractivity (Wildman–Crippen MR) is 98.8 cm³/mol. The number of rotatable bonds is 3. The van der Waals surface area contributed by atoms with Gasteiger partial charge in [0, 0.05) is 29.2 Å². The molecule has 0 radical (unpaired) electrons. The van der Waals surface area contributed by atoms with Gasteiger partial charge in [0.25, 0.3) is 0 Å². The van der Waals surface area contributed by atoms with Gasteiger partial charge in [0.1, 0.15) is 5.82 Å². The summed E-state index contributed by atoms with van der Waals surface area (Å²) in [5, 5.41) is 3.02. The Labute approximate surface area is 150 Å². The fourth-order valence-electron chi connectivity index (χ4n) is 3.09. The summed E-state index contributed by atoms with van der Waals surface area (Å²) in [5.41, 5.74) is 2.50. The highest BCUT2D eigenvalue weighted by Gasteiger charge is 2.26. The number of hydrogen-bond acceptors (Lipinski definition) is 2. The number of benzene rings is 2. The zero-order valence-electron chi connectivity index (χ0n) is 13.6. The topological polar surface area (TPSA) is 32.3 Å². The third kappa shape index (κ3) is 3.78. The fraction of sp³-hybridized carbons (Fsp3) is 0.316. The van der Waals surface area contributed by atoms with Crippen molar-refractivity contribution in [2.24, 2.45) is 5.92 Å². The lowest BCUT2D eigenvalue weighted by molar-refractivity contribution is -0.120. The number of anilines is 2. The molecule has 0 saturated carbocycles. The average Bonchev–Trinajstić information content (AvgIpc) is 2.58. The van der Waals surface area contributed by atoms with Gasteiger partial charge in [-0.25, -0.2) is 4.39 Å². The molecule has 0 aromatic heterocycles. The van der Waals surface area contributed by atoms with Gasteiger partial charge in [0.05, 0.1) is 5.69 Å². The first-order valence-electron chi connectivity index (χ1n) is 8.11. The molecule has 0 bridgehead atoms. The molecule has 1 aliphatic rings. The highest BCUT2D eigenvalue weighted by atomic mass is 79.9. The molecule has 0 unspecified atom stereocenters. The van der Waals surface area contributed by atoms with Crippen LogP contribution >= 0.6 is 15.9 Å². The van der Waals surface area contributed by atoms with Crippen molar-refractivity contribution in [3.8, 4) is 0 Å². The third-order valence-electron chi connectivity index (χ3n) is 4.51. The van der Waals surface area contributed by atoms with Crippen molar-refractivity contribution in [2.75, 3.05) is 23.3 Å². The van der Waals surface area contributed by atoms with E-state index in [1.807, 2.05) is 36.1 Å². The summed E-state index contributed by atoms with van der Waals surface area (Å²) in [7, 11) is 0. The quantitative estimate of drug-likeness (QED) is 0.819. The van der Waals surface area contributed by atoms with E-state index in [1.54, 1.807) is 12.1 Å². The molecule has 3 rings (SSSR count). The number of hydrogen-bond donors (Lipinski definition) is 1. The number of carbonyl (C=O) groups is 1. The van der Waals surface area contributed by atoms with Gasteiger partial charge in [-0.2, -0.15) is 0 Å². The van der Waals surface area contributed by atoms with Gasteiger partial charge in [-0.15, -0.1) is 0 Å². The van der Waals surface area contributed by atoms with Crippen LogP contribution in [0.25, 0.3) is 0 Å². The Morgan fingerprint density at radius 3 is 2.58 bits per heavy atom. The molecule has 0 spiro atoms. The van der Waals surface area contributed by atoms with E-state index in [2.05, 4.69) is 21.2 Å². The zero-order chi connectivity index (χ0) is 17.1. The second kappa shape index (κ2) is 7.34. The number of carbonyl (C=O) groups excluding carboxylic acids is 1. The van der Waals surface area contributed by atoms with Gasteiger partial charge in [0.15, 0.2) is 0 Å². The van der Waals surface area contributed by atoms with Crippen LogP contribution in [0.15, 0.2) is 46.9 Å². The average molecular weight is 391 g/mol. The van der Waals surface area contributed by atoms with Gasteiger partial charge in [0.2, 0.25) is 5.91 Å². The number of nitrogens with zero attached hydrogens (tertiary/aromatic N) is 1. The lowest BCUT2D eigenvalue weighted by Crippen LogP contribution is -2.38. The van der Waals surface area contributed by atoms with Crippen LogP contribution in [0.4, 0.5) is 15.8 Å². The third-order valence-corrected chi connectivity index (χ3v) is 5.00. The molecule has 1 saturated heterocycles. The van der Waals surface area contributed by atoms with Crippen molar-refractivity contribution < 1.29 is 9.18 Å². The van der Waals surface area contributed by atoms with Crippen molar-refractivity contribution in [3.05, 3.63) is 58.3 Å². The monoisotopic (exact) mass is 390 g/mol. The standard InChI is InChI=1S/C19H20BrFN2O/c1-13-12-15(20)6-7-17(13)22-19(24)14-8-10-23(11-9-14)18-5-3-2-4-16(18)21/h2-7,12,14H,8-11H2,1H3,(H,22,24). The van der Waals surface area contributed by atoms with Crippen LogP contribution in [0.3, 0.4) is 0 Å². The summed E-state index contributed by atoms with van der Waals surface area (Å²) in [4.78, 5) is 14.5. The minimum atomic E-state index is -0.203. The maximum absolute atomic E-state index is 13.9. The van der Waals surface area contributed by atoms with Crippen molar-refractivity contribution in [1.29, 1.82) is 0 Å². The summed E-state index contributed by atoms with van der Waals surface area (Å²) in [6, 6.07) is 12.6. The molecule has 5 heteroatoms. The van der Waals surface area contributed by atoms with Gasteiger partial charge in [-0.1, -0.05) is 28.1 Å². The smallest absolute Gasteiger partial charge is 0.227 e. The van der Waals surface area contributed by atoms with Gasteiger partial charge in [-0.3, -0.25) is 4.79 Å². The van der Waals surface area contributed by atoms with E-state index < -0.39 is 0 Å². The van der Waals surface area contributed by atoms with E-state index in [0.29, 0.717) is 18.8 Å². The number of piperidine rings is 1. The number of nitrogens with one attached hydrogen (secondary N) is 1. The molecule has 1 amide bonds. The van der Waals surface area contributed by atoms with Crippen molar-refractivity contribution in [2.45, 2.75) is 19.8 Å². The molecular weight excluding hydrogens is 371 g/mol. The molecule has 0 aliphatic carbocycles. The zero-order valence-corrected chi connectivity index (χ0v) is 15.1. The Morgan fingerprint density at radius 2 is 1.92 bits per heavy atom. The van der Waals surface area contributed by atoms with Crippen LogP contribution in [0.1, 0.15) is 18.4 Å². The van der Waals surface area contributed by atoms with Crippen molar-refractivity contribution in [3.63, 3.8) is 0 Å². The first-order valence-corrected chi connectivity index (χ1v) is 8.90. The molecule has 1 fully saturated rings. The minimum absolute atomic E-state index is 0.0314. The van der Waals surface area contributed by atoms with E-state index in [4.69, 9.17) is 0 Å². The summed E-state index contributed by atoms with van der Waals surface area (Å²) >= 11 is 3.42. The van der Waals surface area contributed by atoms with E-state index in [1.165, 1.54) is 6.07 Å². The summed E-state index contributed by atoms with van der Waals surface area (Å²) in [6.45, 7) is 3.36. The summed E-state index contributed by atoms with van der Waals surface area (Å²) in [6.07, 6.45) is 1.46. The lowest BCUT2D eigenvalue weighted by atomic mass is 9.95. The second-order valence-corrected chi connectivity index (χ2v) is 7.08. The molecule has 24 heavy (non-hydrogen) atoms. The van der Waals surface area contributed by atoms with Crippen LogP contribution in [0.5, 0.6) is 0 Å². The first kappa shape index (κ1) is 17.0. The van der Waals surface area contributed by atoms with Crippen molar-refractivity contribution in [1.82, 2.24) is 0 Å². The Morgan fingerprint density at radius 1 is 1.21 bits per heavy atom. The van der Waals surface area contributed by atoms with E-state index in [-0.39, 0.29) is 17.6 Å². The number of aryl methyl sites for hydroxylation is 1. The van der Waals surface area contributed by atoms with E-state index in [0.717, 1.165) is 28.6 Å². The highest BCUT2D eigenvalue weighted by Crippen LogP contribution is 2.27. The molecule has 0 atom stereocenters. The molecule has 3 nitrogen and oxygen atoms in total. The minimum Gasteiger partial charge on any atom is -0.369 e. The van der Waals surface area contributed by atoms with Crippen LogP contribution in [-0.2, 0) is 4.79 Å². The normalized spacial score (nSPS) is 15.4. The molecule has 1 N–H and O–H groups in total. The van der Waals surface area contributed by atoms with E-state index in [9.17, 15) is 9.18 Å². The molecular formula is C19H20BrFN2O. The first-order chi connectivity index (χ1) is 11.5. The van der Waals surface area contributed by atoms with Crippen LogP contribution in [-0.4, -0.2) is 19.0 Å². The molecule has 2 aromatic carbocycles.